The number of allylic oxidation sites excluding steroid dienone is 2. The third-order valence-corrected chi connectivity index (χ3v) is 10.6. The van der Waals surface area contributed by atoms with Crippen molar-refractivity contribution in [3.63, 3.8) is 0 Å². The summed E-state index contributed by atoms with van der Waals surface area (Å²) in [7, 11) is 4.23. The minimum Gasteiger partial charge on any atom is -0.346 e. The highest BCUT2D eigenvalue weighted by molar-refractivity contribution is 8.14. The van der Waals surface area contributed by atoms with E-state index in [1.165, 1.54) is 35.1 Å². The van der Waals surface area contributed by atoms with Crippen LogP contribution in [0.4, 0.5) is 5.69 Å². The molecule has 0 spiro atoms. The Morgan fingerprint density at radius 1 is 1.12 bits per heavy atom. The summed E-state index contributed by atoms with van der Waals surface area (Å²) in [4.78, 5) is 2.34. The lowest BCUT2D eigenvalue weighted by atomic mass is 9.84. The Morgan fingerprint density at radius 2 is 1.79 bits per heavy atom. The normalized spacial score (nSPS) is 32.0. The van der Waals surface area contributed by atoms with Crippen LogP contribution in [0.3, 0.4) is 0 Å². The zero-order valence-electron chi connectivity index (χ0n) is 14.9. The van der Waals surface area contributed by atoms with E-state index in [1.807, 2.05) is 6.21 Å². The van der Waals surface area contributed by atoms with Crippen molar-refractivity contribution in [2.24, 2.45) is 5.10 Å². The van der Waals surface area contributed by atoms with Gasteiger partial charge in [0.15, 0.2) is 0 Å². The number of para-hydroxylation sites is 1. The third kappa shape index (κ3) is 2.01. The fourth-order valence-electron chi connectivity index (χ4n) is 4.40. The molecule has 24 heavy (non-hydrogen) atoms. The zero-order chi connectivity index (χ0) is 17.1. The van der Waals surface area contributed by atoms with Crippen LogP contribution >= 0.6 is 6.34 Å². The predicted molar refractivity (Wildman–Crippen MR) is 106 cm³/mol. The number of rotatable bonds is 1. The molecule has 0 aliphatic carbocycles. The molecule has 4 rings (SSSR count). The maximum absolute atomic E-state index is 6.33. The van der Waals surface area contributed by atoms with Crippen LogP contribution in [0.15, 0.2) is 40.4 Å². The first-order valence-corrected chi connectivity index (χ1v) is 11.3. The summed E-state index contributed by atoms with van der Waals surface area (Å²) in [5, 5.41) is 5.92. The summed E-state index contributed by atoms with van der Waals surface area (Å²) in [6.07, 6.45) is 2.53. The first-order valence-electron chi connectivity index (χ1n) is 8.60. The van der Waals surface area contributed by atoms with E-state index in [0.717, 1.165) is 13.1 Å². The van der Waals surface area contributed by atoms with Crippen molar-refractivity contribution in [3.05, 3.63) is 40.8 Å². The Morgan fingerprint density at radius 3 is 2.46 bits per heavy atom. The van der Waals surface area contributed by atoms with Gasteiger partial charge in [-0.1, -0.05) is 43.9 Å². The van der Waals surface area contributed by atoms with Crippen molar-refractivity contribution < 1.29 is 0 Å². The minimum absolute atomic E-state index is 0.0539. The third-order valence-electron chi connectivity index (χ3n) is 5.63. The highest BCUT2D eigenvalue weighted by atomic mass is 32.4. The van der Waals surface area contributed by atoms with E-state index in [-0.39, 0.29) is 5.41 Å². The summed E-state index contributed by atoms with van der Waals surface area (Å²) >= 11 is 6.33. The van der Waals surface area contributed by atoms with Crippen molar-refractivity contribution in [1.82, 2.24) is 9.45 Å². The number of fused-ring (bicyclic) bond motifs is 1. The Kier molecular flexibility index (Phi) is 3.68. The number of benzene rings is 1. The van der Waals surface area contributed by atoms with Gasteiger partial charge in [0.1, 0.15) is 6.34 Å². The van der Waals surface area contributed by atoms with Crippen molar-refractivity contribution in [2.75, 3.05) is 32.1 Å². The van der Waals surface area contributed by atoms with Crippen LogP contribution in [0, 0.1) is 0 Å². The average Bonchev–Trinajstić information content (AvgIpc) is 3.23. The van der Waals surface area contributed by atoms with Gasteiger partial charge in [-0.15, -0.1) is 0 Å². The molecule has 1 atom stereocenters. The minimum atomic E-state index is -2.00. The molecule has 1 saturated heterocycles. The van der Waals surface area contributed by atoms with Crippen molar-refractivity contribution in [1.29, 1.82) is 0 Å². The second kappa shape index (κ2) is 5.42. The standard InChI is InChI=1S/C18H25N4PS/c1-18(2)14-9-5-6-10-15(14)20(3)17(18)16-13-19-21(4)23(16,24)22-11-7-8-12-22/h5-6,9-10,13H,7-8,11-12H2,1-4H3/b17-16-. The predicted octanol–water partition coefficient (Wildman–Crippen LogP) is 3.96. The highest BCUT2D eigenvalue weighted by Gasteiger charge is 2.47. The number of hydrogen-bond donors (Lipinski definition) is 0. The van der Waals surface area contributed by atoms with Crippen LogP contribution in [0.25, 0.3) is 0 Å². The van der Waals surface area contributed by atoms with Gasteiger partial charge in [0.2, 0.25) is 0 Å². The largest absolute Gasteiger partial charge is 0.346 e. The lowest BCUT2D eigenvalue weighted by Crippen LogP contribution is -2.29. The van der Waals surface area contributed by atoms with Crippen LogP contribution in [0.1, 0.15) is 32.3 Å². The Bertz CT molecular complexity index is 792. The number of hydrogen-bond acceptors (Lipinski definition) is 3. The highest BCUT2D eigenvalue weighted by Crippen LogP contribution is 2.66. The Hall–Kier alpha value is -1.16. The first kappa shape index (κ1) is 16.3. The average molecular weight is 360 g/mol. The molecule has 0 radical (unpaired) electrons. The van der Waals surface area contributed by atoms with E-state index < -0.39 is 6.34 Å². The zero-order valence-corrected chi connectivity index (χ0v) is 16.6. The van der Waals surface area contributed by atoms with Crippen molar-refractivity contribution in [2.45, 2.75) is 32.1 Å². The molecule has 128 valence electrons. The monoisotopic (exact) mass is 360 g/mol. The Balaban J connectivity index is 1.93. The second-order valence-electron chi connectivity index (χ2n) is 7.37. The summed E-state index contributed by atoms with van der Waals surface area (Å²) in [6.45, 7) is 6.82. The molecule has 0 aromatic heterocycles. The van der Waals surface area contributed by atoms with Crippen molar-refractivity contribution >= 4 is 30.0 Å². The van der Waals surface area contributed by atoms with Gasteiger partial charge in [0.25, 0.3) is 0 Å². The van der Waals surface area contributed by atoms with Gasteiger partial charge in [-0.3, -0.25) is 9.45 Å². The fraction of sp³-hybridized carbons (Fsp3) is 0.500. The van der Waals surface area contributed by atoms with E-state index in [9.17, 15) is 0 Å². The van der Waals surface area contributed by atoms with Gasteiger partial charge >= 0.3 is 0 Å². The molecule has 3 aliphatic heterocycles. The smallest absolute Gasteiger partial charge is 0.148 e. The van der Waals surface area contributed by atoms with Crippen molar-refractivity contribution in [3.8, 4) is 0 Å². The molecule has 3 heterocycles. The maximum atomic E-state index is 6.33. The van der Waals surface area contributed by atoms with Gasteiger partial charge in [-0.2, -0.15) is 5.10 Å². The first-order chi connectivity index (χ1) is 11.4. The summed E-state index contributed by atoms with van der Waals surface area (Å²) in [5.74, 6) is 0. The lowest BCUT2D eigenvalue weighted by Gasteiger charge is -2.37. The Labute approximate surface area is 149 Å². The molecule has 1 unspecified atom stereocenters. The molecule has 1 aromatic rings. The lowest BCUT2D eigenvalue weighted by molar-refractivity contribution is 0.496. The number of hydrazone groups is 1. The molecule has 0 saturated carbocycles. The van der Waals surface area contributed by atoms with Gasteiger partial charge in [0.05, 0.1) is 11.5 Å². The molecule has 4 nitrogen and oxygen atoms in total. The molecule has 0 amide bonds. The van der Waals surface area contributed by atoms with Crippen LogP contribution in [-0.2, 0) is 17.2 Å². The SMILES string of the molecule is CN1/C(=C2/C=NN(C)P2(=S)N2CCCC2)C(C)(C)c2ccccc21. The molecule has 0 N–H and O–H groups in total. The van der Waals surface area contributed by atoms with Gasteiger partial charge in [0, 0.05) is 44.0 Å². The summed E-state index contributed by atoms with van der Waals surface area (Å²) in [5.41, 5.74) is 3.94. The molecule has 6 heteroatoms. The van der Waals surface area contributed by atoms with E-state index in [2.05, 4.69) is 71.7 Å². The van der Waals surface area contributed by atoms with Crippen LogP contribution in [0.2, 0.25) is 0 Å². The summed E-state index contributed by atoms with van der Waals surface area (Å²) < 4.78 is 4.59. The second-order valence-corrected chi connectivity index (χ2v) is 11.6. The van der Waals surface area contributed by atoms with E-state index in [0.29, 0.717) is 0 Å². The topological polar surface area (TPSA) is 22.1 Å². The number of anilines is 1. The van der Waals surface area contributed by atoms with Crippen LogP contribution in [0.5, 0.6) is 0 Å². The van der Waals surface area contributed by atoms with Gasteiger partial charge in [-0.05, 0) is 24.5 Å². The molecule has 0 bridgehead atoms. The van der Waals surface area contributed by atoms with Gasteiger partial charge < -0.3 is 4.90 Å². The summed E-state index contributed by atoms with van der Waals surface area (Å²) in [6, 6.07) is 8.70. The van der Waals surface area contributed by atoms with Crippen LogP contribution < -0.4 is 4.90 Å². The number of nitrogens with zero attached hydrogens (tertiary/aromatic N) is 4. The quantitative estimate of drug-likeness (QED) is 0.707. The van der Waals surface area contributed by atoms with Gasteiger partial charge in [-0.25, -0.2) is 0 Å². The number of likely N-dealkylation sites (N-methyl/N-ethyl adjacent to an activating group) is 1. The molecule has 1 fully saturated rings. The fourth-order valence-corrected chi connectivity index (χ4v) is 8.32. The molecular formula is C18H25N4PS. The maximum Gasteiger partial charge on any atom is 0.148 e. The van der Waals surface area contributed by atoms with E-state index >= 15 is 0 Å². The molecular weight excluding hydrogens is 335 g/mol. The molecule has 1 aromatic carbocycles. The van der Waals surface area contributed by atoms with E-state index in [4.69, 9.17) is 11.8 Å². The van der Waals surface area contributed by atoms with Crippen LogP contribution in [-0.4, -0.2) is 42.8 Å². The molecule has 3 aliphatic rings. The van der Waals surface area contributed by atoms with E-state index in [1.54, 1.807) is 0 Å².